The van der Waals surface area contributed by atoms with Crippen molar-refractivity contribution in [2.24, 2.45) is 18.8 Å². The Morgan fingerprint density at radius 3 is 2.56 bits per heavy atom. The summed E-state index contributed by atoms with van der Waals surface area (Å²) < 4.78 is 1.99. The first kappa shape index (κ1) is 13.6. The maximum atomic E-state index is 5.82. The molecule has 2 rings (SSSR count). The molecular weight excluding hydrogens is 224 g/mol. The first-order chi connectivity index (χ1) is 8.76. The molecule has 0 radical (unpaired) electrons. The van der Waals surface area contributed by atoms with Gasteiger partial charge in [-0.15, -0.1) is 0 Å². The average Bonchev–Trinajstić information content (AvgIpc) is 2.59. The minimum atomic E-state index is 0.251. The summed E-state index contributed by atoms with van der Waals surface area (Å²) in [6, 6.07) is 2.45. The predicted octanol–water partition coefficient (Wildman–Crippen LogP) is 2.46. The molecule has 1 fully saturated rings. The van der Waals surface area contributed by atoms with Crippen molar-refractivity contribution in [3.05, 3.63) is 17.5 Å². The van der Waals surface area contributed by atoms with Crippen molar-refractivity contribution in [1.29, 1.82) is 0 Å². The molecule has 1 aromatic rings. The Morgan fingerprint density at radius 1 is 1.39 bits per heavy atom. The van der Waals surface area contributed by atoms with Gasteiger partial charge < -0.3 is 0 Å². The lowest BCUT2D eigenvalue weighted by Crippen LogP contribution is -2.34. The van der Waals surface area contributed by atoms with Gasteiger partial charge in [0.25, 0.3) is 0 Å². The van der Waals surface area contributed by atoms with E-state index in [4.69, 9.17) is 5.84 Å². The number of nitrogens with zero attached hydrogens (tertiary/aromatic N) is 2. The van der Waals surface area contributed by atoms with Crippen LogP contribution in [-0.4, -0.2) is 9.78 Å². The second kappa shape index (κ2) is 6.34. The molecule has 0 spiro atoms. The van der Waals surface area contributed by atoms with Crippen LogP contribution in [0.4, 0.5) is 0 Å². The Bertz CT molecular complexity index is 364. The van der Waals surface area contributed by atoms with Crippen LogP contribution in [0.1, 0.15) is 62.9 Å². The minimum Gasteiger partial charge on any atom is -0.271 e. The van der Waals surface area contributed by atoms with Gasteiger partial charge in [0.15, 0.2) is 0 Å². The normalized spacial score (nSPS) is 19.7. The molecule has 1 aromatic heterocycles. The predicted molar refractivity (Wildman–Crippen MR) is 73.8 cm³/mol. The highest BCUT2D eigenvalue weighted by Gasteiger charge is 2.25. The molecule has 102 valence electrons. The number of aryl methyl sites for hydroxylation is 2. The van der Waals surface area contributed by atoms with Crippen molar-refractivity contribution in [1.82, 2.24) is 15.2 Å². The first-order valence-corrected chi connectivity index (χ1v) is 7.25. The number of rotatable bonds is 4. The summed E-state index contributed by atoms with van der Waals surface area (Å²) in [7, 11) is 2.02. The third-order valence-corrected chi connectivity index (χ3v) is 4.20. The van der Waals surface area contributed by atoms with E-state index >= 15 is 0 Å². The lowest BCUT2D eigenvalue weighted by Gasteiger charge is -2.25. The molecule has 1 unspecified atom stereocenters. The van der Waals surface area contributed by atoms with Crippen molar-refractivity contribution in [3.63, 3.8) is 0 Å². The van der Waals surface area contributed by atoms with Crippen molar-refractivity contribution in [2.75, 3.05) is 0 Å². The zero-order valence-electron chi connectivity index (χ0n) is 11.7. The van der Waals surface area contributed by atoms with Crippen molar-refractivity contribution < 1.29 is 0 Å². The van der Waals surface area contributed by atoms with E-state index in [9.17, 15) is 0 Å². The van der Waals surface area contributed by atoms with Crippen LogP contribution < -0.4 is 11.3 Å². The SMILES string of the molecule is CCc1cc(C(NN)C2CCCCCC2)n(C)n1. The smallest absolute Gasteiger partial charge is 0.0657 e. The van der Waals surface area contributed by atoms with E-state index in [-0.39, 0.29) is 6.04 Å². The number of hydrogen-bond donors (Lipinski definition) is 2. The highest BCUT2D eigenvalue weighted by atomic mass is 15.3. The fourth-order valence-corrected chi connectivity index (χ4v) is 3.11. The van der Waals surface area contributed by atoms with E-state index in [1.165, 1.54) is 44.2 Å². The summed E-state index contributed by atoms with van der Waals surface area (Å²) >= 11 is 0. The molecule has 1 atom stereocenters. The first-order valence-electron chi connectivity index (χ1n) is 7.25. The molecule has 0 aliphatic heterocycles. The monoisotopic (exact) mass is 250 g/mol. The standard InChI is InChI=1S/C14H26N4/c1-3-12-10-13(18(2)17-12)14(16-15)11-8-6-4-5-7-9-11/h10-11,14,16H,3-9,15H2,1-2H3. The second-order valence-electron chi connectivity index (χ2n) is 5.43. The van der Waals surface area contributed by atoms with E-state index in [1.54, 1.807) is 0 Å². The van der Waals surface area contributed by atoms with Crippen LogP contribution in [0.2, 0.25) is 0 Å². The van der Waals surface area contributed by atoms with Gasteiger partial charge in [0.05, 0.1) is 17.4 Å². The summed E-state index contributed by atoms with van der Waals surface area (Å²) in [5.74, 6) is 6.47. The Kier molecular flexibility index (Phi) is 4.78. The zero-order chi connectivity index (χ0) is 13.0. The molecular formula is C14H26N4. The molecule has 0 amide bonds. The van der Waals surface area contributed by atoms with Crippen molar-refractivity contribution >= 4 is 0 Å². The molecule has 1 saturated carbocycles. The lowest BCUT2D eigenvalue weighted by molar-refractivity contribution is 0.315. The van der Waals surface area contributed by atoms with Crippen LogP contribution in [0, 0.1) is 5.92 Å². The van der Waals surface area contributed by atoms with E-state index in [0.717, 1.165) is 12.1 Å². The molecule has 1 aliphatic rings. The van der Waals surface area contributed by atoms with Gasteiger partial charge >= 0.3 is 0 Å². The van der Waals surface area contributed by atoms with Gasteiger partial charge in [0.2, 0.25) is 0 Å². The van der Waals surface area contributed by atoms with Crippen LogP contribution >= 0.6 is 0 Å². The summed E-state index contributed by atoms with van der Waals surface area (Å²) in [4.78, 5) is 0. The summed E-state index contributed by atoms with van der Waals surface area (Å²) in [6.45, 7) is 2.14. The molecule has 4 nitrogen and oxygen atoms in total. The third-order valence-electron chi connectivity index (χ3n) is 4.20. The van der Waals surface area contributed by atoms with Crippen molar-refractivity contribution in [2.45, 2.75) is 57.9 Å². The zero-order valence-corrected chi connectivity index (χ0v) is 11.7. The molecule has 1 aliphatic carbocycles. The maximum absolute atomic E-state index is 5.82. The van der Waals surface area contributed by atoms with Crippen LogP contribution in [0.15, 0.2) is 6.07 Å². The van der Waals surface area contributed by atoms with Gasteiger partial charge in [-0.2, -0.15) is 5.10 Å². The molecule has 0 saturated heterocycles. The van der Waals surface area contributed by atoms with Gasteiger partial charge in [-0.3, -0.25) is 16.0 Å². The fraction of sp³-hybridized carbons (Fsp3) is 0.786. The van der Waals surface area contributed by atoms with Gasteiger partial charge in [-0.25, -0.2) is 0 Å². The van der Waals surface area contributed by atoms with E-state index in [0.29, 0.717) is 5.92 Å². The third kappa shape index (κ3) is 2.93. The molecule has 18 heavy (non-hydrogen) atoms. The van der Waals surface area contributed by atoms with Crippen LogP contribution in [0.25, 0.3) is 0 Å². The number of nitrogens with one attached hydrogen (secondary N) is 1. The summed E-state index contributed by atoms with van der Waals surface area (Å²) in [5.41, 5.74) is 5.42. The lowest BCUT2D eigenvalue weighted by atomic mass is 9.90. The Morgan fingerprint density at radius 2 is 2.06 bits per heavy atom. The molecule has 0 bridgehead atoms. The molecule has 1 heterocycles. The topological polar surface area (TPSA) is 55.9 Å². The molecule has 3 N–H and O–H groups in total. The minimum absolute atomic E-state index is 0.251. The Hall–Kier alpha value is -0.870. The van der Waals surface area contributed by atoms with E-state index in [2.05, 4.69) is 23.5 Å². The highest BCUT2D eigenvalue weighted by Crippen LogP contribution is 2.33. The number of aromatic nitrogens is 2. The summed E-state index contributed by atoms with van der Waals surface area (Å²) in [5, 5.41) is 4.54. The average molecular weight is 250 g/mol. The second-order valence-corrected chi connectivity index (χ2v) is 5.43. The maximum Gasteiger partial charge on any atom is 0.0657 e. The van der Waals surface area contributed by atoms with Gasteiger partial charge in [-0.1, -0.05) is 32.6 Å². The largest absolute Gasteiger partial charge is 0.271 e. The van der Waals surface area contributed by atoms with Gasteiger partial charge in [0, 0.05) is 7.05 Å². The highest BCUT2D eigenvalue weighted by molar-refractivity contribution is 5.15. The Labute approximate surface area is 110 Å². The number of hydrazine groups is 1. The van der Waals surface area contributed by atoms with Crippen LogP contribution in [0.5, 0.6) is 0 Å². The van der Waals surface area contributed by atoms with Gasteiger partial charge in [0.1, 0.15) is 0 Å². The van der Waals surface area contributed by atoms with E-state index in [1.807, 2.05) is 11.7 Å². The number of nitrogens with two attached hydrogens (primary N) is 1. The van der Waals surface area contributed by atoms with Crippen LogP contribution in [0.3, 0.4) is 0 Å². The quantitative estimate of drug-likeness (QED) is 0.490. The fourth-order valence-electron chi connectivity index (χ4n) is 3.11. The van der Waals surface area contributed by atoms with Crippen molar-refractivity contribution in [3.8, 4) is 0 Å². The Balaban J connectivity index is 2.17. The molecule has 4 heteroatoms. The number of hydrogen-bond acceptors (Lipinski definition) is 3. The summed E-state index contributed by atoms with van der Waals surface area (Å²) in [6.07, 6.45) is 8.96. The van der Waals surface area contributed by atoms with E-state index < -0.39 is 0 Å². The van der Waals surface area contributed by atoms with Gasteiger partial charge in [-0.05, 0) is 31.2 Å². The molecule has 0 aromatic carbocycles. The van der Waals surface area contributed by atoms with Crippen LogP contribution in [-0.2, 0) is 13.5 Å².